The number of hydrogen-bond acceptors (Lipinski definition) is 5. The number of benzene rings is 2. The van der Waals surface area contributed by atoms with Crippen LogP contribution in [0.1, 0.15) is 51.0 Å². The van der Waals surface area contributed by atoms with Crippen LogP contribution in [0.3, 0.4) is 0 Å². The molecule has 0 radical (unpaired) electrons. The number of hydrogen-bond donors (Lipinski definition) is 5. The monoisotopic (exact) mass is 464 g/mol. The highest BCUT2D eigenvalue weighted by atomic mass is 16.3. The van der Waals surface area contributed by atoms with Crippen molar-refractivity contribution in [1.82, 2.24) is 21.3 Å². The van der Waals surface area contributed by atoms with Gasteiger partial charge in [0.05, 0.1) is 0 Å². The zero-order valence-corrected chi connectivity index (χ0v) is 21.0. The van der Waals surface area contributed by atoms with Gasteiger partial charge in [0.2, 0.25) is 0 Å². The van der Waals surface area contributed by atoms with E-state index in [2.05, 4.69) is 52.5 Å². The normalized spacial score (nSPS) is 13.8. The number of unbranched alkanes of at least 4 members (excludes halogenated alkanes) is 1. The fourth-order valence-electron chi connectivity index (χ4n) is 4.43. The van der Waals surface area contributed by atoms with Crippen LogP contribution in [0, 0.1) is 0 Å². The van der Waals surface area contributed by atoms with Crippen molar-refractivity contribution in [2.24, 2.45) is 0 Å². The Hall–Kier alpha value is -2.18. The SMILES string of the molecule is CC1=CCCC=C1CNCCCNCCCCNCCCNCc1c(O)ccc2ccccc12. The average Bonchev–Trinajstić information content (AvgIpc) is 2.86. The lowest BCUT2D eigenvalue weighted by atomic mass is 9.99. The quantitative estimate of drug-likeness (QED) is 0.221. The van der Waals surface area contributed by atoms with Gasteiger partial charge in [-0.3, -0.25) is 0 Å². The lowest BCUT2D eigenvalue weighted by molar-refractivity contribution is 0.465. The first-order chi connectivity index (χ1) is 16.8. The minimum Gasteiger partial charge on any atom is -0.508 e. The van der Waals surface area contributed by atoms with Crippen LogP contribution in [0.4, 0.5) is 0 Å². The van der Waals surface area contributed by atoms with Gasteiger partial charge in [-0.2, -0.15) is 0 Å². The van der Waals surface area contributed by atoms with Gasteiger partial charge in [-0.25, -0.2) is 0 Å². The molecule has 2 aromatic carbocycles. The molecule has 1 aliphatic carbocycles. The van der Waals surface area contributed by atoms with Gasteiger partial charge >= 0.3 is 0 Å². The molecule has 5 nitrogen and oxygen atoms in total. The Morgan fingerprint density at radius 3 is 2.03 bits per heavy atom. The first-order valence-electron chi connectivity index (χ1n) is 13.1. The van der Waals surface area contributed by atoms with E-state index in [9.17, 15) is 5.11 Å². The predicted octanol–water partition coefficient (Wildman–Crippen LogP) is 4.63. The minimum absolute atomic E-state index is 0.374. The van der Waals surface area contributed by atoms with E-state index in [1.807, 2.05) is 18.2 Å². The second-order valence-electron chi connectivity index (χ2n) is 9.25. The van der Waals surface area contributed by atoms with Crippen LogP contribution in [0.15, 0.2) is 59.7 Å². The standard InChI is InChI=1S/C29H44N4O/c1-24-10-2-3-12-26(24)22-32-20-8-18-30-16-6-7-17-31-19-9-21-33-23-28-27-13-5-4-11-25(27)14-15-29(28)34/h4-5,10-15,30-34H,2-3,6-9,16-23H2,1H3. The van der Waals surface area contributed by atoms with Gasteiger partial charge in [-0.1, -0.05) is 48.1 Å². The van der Waals surface area contributed by atoms with Gasteiger partial charge in [0.25, 0.3) is 0 Å². The Morgan fingerprint density at radius 2 is 1.29 bits per heavy atom. The summed E-state index contributed by atoms with van der Waals surface area (Å²) in [4.78, 5) is 0. The van der Waals surface area contributed by atoms with Crippen LogP contribution in [0.5, 0.6) is 5.75 Å². The first kappa shape index (κ1) is 26.4. The Labute approximate surface area is 206 Å². The third kappa shape index (κ3) is 9.22. The maximum atomic E-state index is 10.2. The van der Waals surface area contributed by atoms with Crippen LogP contribution >= 0.6 is 0 Å². The molecule has 0 heterocycles. The maximum absolute atomic E-state index is 10.2. The molecular weight excluding hydrogens is 420 g/mol. The Balaban J connectivity index is 1.09. The highest BCUT2D eigenvalue weighted by Gasteiger charge is 2.06. The van der Waals surface area contributed by atoms with Crippen molar-refractivity contribution in [3.63, 3.8) is 0 Å². The van der Waals surface area contributed by atoms with Gasteiger partial charge in [-0.05, 0) is 107 Å². The van der Waals surface area contributed by atoms with Crippen molar-refractivity contribution < 1.29 is 5.11 Å². The van der Waals surface area contributed by atoms with E-state index in [0.29, 0.717) is 12.3 Å². The van der Waals surface area contributed by atoms with E-state index in [1.54, 1.807) is 6.07 Å². The fourth-order valence-corrected chi connectivity index (χ4v) is 4.43. The van der Waals surface area contributed by atoms with Crippen molar-refractivity contribution in [3.05, 3.63) is 65.3 Å². The molecule has 0 spiro atoms. The summed E-state index contributed by atoms with van der Waals surface area (Å²) in [6, 6.07) is 12.0. The summed E-state index contributed by atoms with van der Waals surface area (Å²) in [7, 11) is 0. The fraction of sp³-hybridized carbons (Fsp3) is 0.517. The number of aromatic hydroxyl groups is 1. The Bertz CT molecular complexity index is 921. The summed E-state index contributed by atoms with van der Waals surface area (Å²) in [6.45, 7) is 10.2. The lowest BCUT2D eigenvalue weighted by Gasteiger charge is -2.13. The van der Waals surface area contributed by atoms with Gasteiger partial charge in [-0.15, -0.1) is 0 Å². The van der Waals surface area contributed by atoms with E-state index in [-0.39, 0.29) is 0 Å². The highest BCUT2D eigenvalue weighted by molar-refractivity contribution is 5.87. The van der Waals surface area contributed by atoms with Gasteiger partial charge in [0, 0.05) is 18.7 Å². The molecule has 5 N–H and O–H groups in total. The molecule has 0 aromatic heterocycles. The average molecular weight is 465 g/mol. The summed E-state index contributed by atoms with van der Waals surface area (Å²) >= 11 is 0. The zero-order chi connectivity index (χ0) is 23.8. The number of phenols is 1. The molecule has 0 fully saturated rings. The molecule has 2 aromatic rings. The third-order valence-corrected chi connectivity index (χ3v) is 6.52. The first-order valence-corrected chi connectivity index (χ1v) is 13.1. The van der Waals surface area contributed by atoms with Crippen LogP contribution in [-0.2, 0) is 6.54 Å². The van der Waals surface area contributed by atoms with E-state index < -0.39 is 0 Å². The van der Waals surface area contributed by atoms with Crippen molar-refractivity contribution in [1.29, 1.82) is 0 Å². The number of fused-ring (bicyclic) bond motifs is 1. The molecule has 0 saturated heterocycles. The summed E-state index contributed by atoms with van der Waals surface area (Å²) < 4.78 is 0. The number of allylic oxidation sites excluding steroid dienone is 2. The lowest BCUT2D eigenvalue weighted by Crippen LogP contribution is -2.25. The molecule has 1 aliphatic rings. The van der Waals surface area contributed by atoms with E-state index >= 15 is 0 Å². The van der Waals surface area contributed by atoms with Crippen LogP contribution in [0.2, 0.25) is 0 Å². The Morgan fingerprint density at radius 1 is 0.676 bits per heavy atom. The molecule has 5 heteroatoms. The zero-order valence-electron chi connectivity index (χ0n) is 21.0. The summed E-state index contributed by atoms with van der Waals surface area (Å²) in [5.74, 6) is 0.374. The predicted molar refractivity (Wildman–Crippen MR) is 145 cm³/mol. The molecular formula is C29H44N4O. The molecule has 3 rings (SSSR count). The highest BCUT2D eigenvalue weighted by Crippen LogP contribution is 2.26. The largest absolute Gasteiger partial charge is 0.508 e. The van der Waals surface area contributed by atoms with Gasteiger partial charge < -0.3 is 26.4 Å². The van der Waals surface area contributed by atoms with E-state index in [0.717, 1.165) is 63.2 Å². The van der Waals surface area contributed by atoms with Crippen molar-refractivity contribution >= 4 is 10.8 Å². The van der Waals surface area contributed by atoms with Crippen molar-refractivity contribution in [2.45, 2.75) is 52.0 Å². The second kappa shape index (κ2) is 15.7. The second-order valence-corrected chi connectivity index (χ2v) is 9.25. The molecule has 0 bridgehead atoms. The number of phenolic OH excluding ortho intramolecular Hbond substituents is 1. The minimum atomic E-state index is 0.374. The summed E-state index contributed by atoms with van der Waals surface area (Å²) in [5, 5.41) is 26.7. The van der Waals surface area contributed by atoms with Gasteiger partial charge in [0.15, 0.2) is 0 Å². The topological polar surface area (TPSA) is 68.3 Å². The summed E-state index contributed by atoms with van der Waals surface area (Å²) in [5.41, 5.74) is 3.91. The number of nitrogens with one attached hydrogen (secondary N) is 4. The molecule has 0 atom stereocenters. The van der Waals surface area contributed by atoms with Crippen molar-refractivity contribution in [3.8, 4) is 5.75 Å². The smallest absolute Gasteiger partial charge is 0.120 e. The number of rotatable bonds is 17. The van der Waals surface area contributed by atoms with Gasteiger partial charge in [0.1, 0.15) is 5.75 Å². The molecule has 0 unspecified atom stereocenters. The molecule has 186 valence electrons. The van der Waals surface area contributed by atoms with E-state index in [4.69, 9.17) is 0 Å². The Kier molecular flexibility index (Phi) is 12.2. The summed E-state index contributed by atoms with van der Waals surface area (Å²) in [6.07, 6.45) is 11.8. The van der Waals surface area contributed by atoms with Crippen LogP contribution in [-0.4, -0.2) is 50.9 Å². The van der Waals surface area contributed by atoms with E-state index in [1.165, 1.54) is 48.6 Å². The third-order valence-electron chi connectivity index (χ3n) is 6.52. The molecule has 0 aliphatic heterocycles. The molecule has 34 heavy (non-hydrogen) atoms. The van der Waals surface area contributed by atoms with Crippen molar-refractivity contribution in [2.75, 3.05) is 45.8 Å². The maximum Gasteiger partial charge on any atom is 0.120 e. The van der Waals surface area contributed by atoms with Crippen LogP contribution in [0.25, 0.3) is 10.8 Å². The molecule has 0 amide bonds. The molecule has 0 saturated carbocycles. The van der Waals surface area contributed by atoms with Crippen LogP contribution < -0.4 is 21.3 Å².